The monoisotopic (exact) mass is 369 g/mol. The minimum Gasteiger partial charge on any atom is -0.497 e. The zero-order chi connectivity index (χ0) is 19.0. The fourth-order valence-corrected chi connectivity index (χ4v) is 3.70. The highest BCUT2D eigenvalue weighted by molar-refractivity contribution is 5.98. The van der Waals surface area contributed by atoms with E-state index in [0.29, 0.717) is 36.8 Å². The number of aromatic nitrogens is 2. The predicted molar refractivity (Wildman–Crippen MR) is 97.9 cm³/mol. The lowest BCUT2D eigenvalue weighted by atomic mass is 9.87. The van der Waals surface area contributed by atoms with Gasteiger partial charge in [0.1, 0.15) is 22.9 Å². The lowest BCUT2D eigenvalue weighted by molar-refractivity contribution is -0.126. The van der Waals surface area contributed by atoms with E-state index in [1.807, 2.05) is 6.20 Å². The minimum absolute atomic E-state index is 0.0827. The molecule has 1 aromatic carbocycles. The number of aryl methyl sites for hydroxylation is 1. The summed E-state index contributed by atoms with van der Waals surface area (Å²) in [5.74, 6) is 1.92. The number of fused-ring (bicyclic) bond motifs is 2. The zero-order valence-electron chi connectivity index (χ0n) is 15.8. The molecular weight excluding hydrogens is 346 g/mol. The van der Waals surface area contributed by atoms with Gasteiger partial charge in [0, 0.05) is 24.2 Å². The smallest absolute Gasteiger partial charge is 0.257 e. The van der Waals surface area contributed by atoms with Crippen molar-refractivity contribution >= 4 is 5.91 Å². The van der Waals surface area contributed by atoms with Gasteiger partial charge in [0.25, 0.3) is 5.91 Å². The van der Waals surface area contributed by atoms with Crippen molar-refractivity contribution in [2.75, 3.05) is 27.3 Å². The maximum atomic E-state index is 12.9. The highest BCUT2D eigenvalue weighted by Crippen LogP contribution is 2.43. The molecule has 0 unspecified atom stereocenters. The van der Waals surface area contributed by atoms with Gasteiger partial charge in [-0.2, -0.15) is 0 Å². The molecule has 0 radical (unpaired) electrons. The molecular formula is C20H23N3O4. The molecule has 0 aliphatic carbocycles. The third kappa shape index (κ3) is 2.92. The zero-order valence-corrected chi connectivity index (χ0v) is 15.8. The molecule has 1 aromatic heterocycles. The predicted octanol–water partition coefficient (Wildman–Crippen LogP) is 2.33. The van der Waals surface area contributed by atoms with Crippen molar-refractivity contribution in [3.05, 3.63) is 47.0 Å². The number of hydrogen-bond acceptors (Lipinski definition) is 6. The Morgan fingerprint density at radius 1 is 1.30 bits per heavy atom. The molecule has 2 aliphatic rings. The molecule has 27 heavy (non-hydrogen) atoms. The quantitative estimate of drug-likeness (QED) is 0.805. The van der Waals surface area contributed by atoms with Crippen molar-refractivity contribution in [3.8, 4) is 11.5 Å². The van der Waals surface area contributed by atoms with E-state index in [1.165, 1.54) is 0 Å². The van der Waals surface area contributed by atoms with Crippen molar-refractivity contribution < 1.29 is 19.0 Å². The van der Waals surface area contributed by atoms with Crippen LogP contribution in [0.3, 0.4) is 0 Å². The van der Waals surface area contributed by atoms with E-state index >= 15 is 0 Å². The van der Waals surface area contributed by atoms with Gasteiger partial charge in [-0.05, 0) is 18.6 Å². The Balaban J connectivity index is 1.51. The van der Waals surface area contributed by atoms with Crippen LogP contribution in [0.2, 0.25) is 0 Å². The van der Waals surface area contributed by atoms with Crippen LogP contribution in [0.1, 0.15) is 40.8 Å². The summed E-state index contributed by atoms with van der Waals surface area (Å²) in [5, 5.41) is 0. The van der Waals surface area contributed by atoms with Crippen LogP contribution in [0, 0.1) is 0 Å². The maximum absolute atomic E-state index is 12.9. The van der Waals surface area contributed by atoms with Crippen LogP contribution < -0.4 is 9.47 Å². The number of amides is 1. The van der Waals surface area contributed by atoms with Crippen LogP contribution >= 0.6 is 0 Å². The fourth-order valence-electron chi connectivity index (χ4n) is 3.70. The van der Waals surface area contributed by atoms with Crippen molar-refractivity contribution in [2.24, 2.45) is 0 Å². The first-order valence-corrected chi connectivity index (χ1v) is 9.10. The lowest BCUT2D eigenvalue weighted by Crippen LogP contribution is -2.61. The average molecular weight is 369 g/mol. The summed E-state index contributed by atoms with van der Waals surface area (Å²) in [5.41, 5.74) is 1.99. The number of nitrogens with zero attached hydrogens (tertiary/aromatic N) is 3. The van der Waals surface area contributed by atoms with Crippen molar-refractivity contribution in [3.63, 3.8) is 0 Å². The first-order valence-electron chi connectivity index (χ1n) is 9.10. The first-order chi connectivity index (χ1) is 13.1. The van der Waals surface area contributed by atoms with Gasteiger partial charge in [-0.15, -0.1) is 0 Å². The van der Waals surface area contributed by atoms with Gasteiger partial charge in [0.2, 0.25) is 0 Å². The highest BCUT2D eigenvalue weighted by Gasteiger charge is 2.52. The average Bonchev–Trinajstić information content (AvgIpc) is 3.05. The van der Waals surface area contributed by atoms with E-state index in [0.717, 1.165) is 29.9 Å². The third-order valence-corrected chi connectivity index (χ3v) is 5.19. The molecule has 4 rings (SSSR count). The van der Waals surface area contributed by atoms with Crippen LogP contribution in [0.25, 0.3) is 0 Å². The Morgan fingerprint density at radius 2 is 2.11 bits per heavy atom. The molecule has 142 valence electrons. The van der Waals surface area contributed by atoms with Gasteiger partial charge in [-0.25, -0.2) is 9.97 Å². The molecule has 0 saturated carbocycles. The topological polar surface area (TPSA) is 73.8 Å². The van der Waals surface area contributed by atoms with Crippen LogP contribution in [0.5, 0.6) is 11.5 Å². The van der Waals surface area contributed by atoms with Crippen molar-refractivity contribution in [1.82, 2.24) is 14.9 Å². The van der Waals surface area contributed by atoms with Crippen LogP contribution in [0.15, 0.2) is 24.4 Å². The summed E-state index contributed by atoms with van der Waals surface area (Å²) in [7, 11) is 3.13. The van der Waals surface area contributed by atoms with Gasteiger partial charge in [-0.3, -0.25) is 4.79 Å². The molecule has 7 nitrogen and oxygen atoms in total. The fraction of sp³-hybridized carbons (Fsp3) is 0.450. The van der Waals surface area contributed by atoms with Gasteiger partial charge in [-0.1, -0.05) is 6.92 Å². The van der Waals surface area contributed by atoms with E-state index in [4.69, 9.17) is 14.2 Å². The van der Waals surface area contributed by atoms with Crippen LogP contribution in [0.4, 0.5) is 0 Å². The Labute approximate surface area is 158 Å². The normalized spacial score (nSPS) is 16.8. The summed E-state index contributed by atoms with van der Waals surface area (Å²) in [6, 6.07) is 5.21. The number of carbonyl (C=O) groups is 1. The molecule has 7 heteroatoms. The number of carbonyl (C=O) groups excluding carboxylic acids is 1. The summed E-state index contributed by atoms with van der Waals surface area (Å²) in [6.07, 6.45) is 3.75. The number of hydrogen-bond donors (Lipinski definition) is 0. The molecule has 2 aromatic rings. The third-order valence-electron chi connectivity index (χ3n) is 5.19. The standard InChI is InChI=1S/C20H23N3O4/c1-4-5-18-21-9-15-16(22-18)10-27-20(15)11-23(12-20)19(24)14-7-6-13(25-2)8-17(14)26-3/h6-9H,4-5,10-12H2,1-3H3. The van der Waals surface area contributed by atoms with E-state index < -0.39 is 5.60 Å². The second-order valence-corrected chi connectivity index (χ2v) is 6.91. The molecule has 0 bridgehead atoms. The van der Waals surface area contributed by atoms with Gasteiger partial charge < -0.3 is 19.1 Å². The Kier molecular flexibility index (Phi) is 4.47. The van der Waals surface area contributed by atoms with E-state index in [-0.39, 0.29) is 5.91 Å². The molecule has 1 amide bonds. The Morgan fingerprint density at radius 3 is 2.81 bits per heavy atom. The molecule has 0 N–H and O–H groups in total. The molecule has 1 saturated heterocycles. The van der Waals surface area contributed by atoms with Gasteiger partial charge >= 0.3 is 0 Å². The van der Waals surface area contributed by atoms with Gasteiger partial charge in [0.05, 0.1) is 45.2 Å². The molecule has 0 atom stereocenters. The molecule has 1 spiro atoms. The van der Waals surface area contributed by atoms with E-state index in [1.54, 1.807) is 37.3 Å². The van der Waals surface area contributed by atoms with Crippen molar-refractivity contribution in [1.29, 1.82) is 0 Å². The maximum Gasteiger partial charge on any atom is 0.257 e. The van der Waals surface area contributed by atoms with Gasteiger partial charge in [0.15, 0.2) is 0 Å². The number of benzene rings is 1. The summed E-state index contributed by atoms with van der Waals surface area (Å²) < 4.78 is 16.6. The number of rotatable bonds is 5. The number of ether oxygens (including phenoxy) is 3. The number of likely N-dealkylation sites (tertiary alicyclic amines) is 1. The van der Waals surface area contributed by atoms with Crippen LogP contribution in [-0.2, 0) is 23.4 Å². The van der Waals surface area contributed by atoms with Crippen LogP contribution in [-0.4, -0.2) is 48.1 Å². The van der Waals surface area contributed by atoms with E-state index in [9.17, 15) is 4.79 Å². The number of methoxy groups -OCH3 is 2. The van der Waals surface area contributed by atoms with Crippen molar-refractivity contribution in [2.45, 2.75) is 32.0 Å². The highest BCUT2D eigenvalue weighted by atomic mass is 16.5. The lowest BCUT2D eigenvalue weighted by Gasteiger charge is -2.47. The second-order valence-electron chi connectivity index (χ2n) is 6.91. The first kappa shape index (κ1) is 17.7. The minimum atomic E-state index is -0.477. The Hall–Kier alpha value is -2.67. The largest absolute Gasteiger partial charge is 0.497 e. The summed E-state index contributed by atoms with van der Waals surface area (Å²) >= 11 is 0. The summed E-state index contributed by atoms with van der Waals surface area (Å²) in [6.45, 7) is 3.56. The van der Waals surface area contributed by atoms with E-state index in [2.05, 4.69) is 16.9 Å². The molecule has 3 heterocycles. The summed E-state index contributed by atoms with van der Waals surface area (Å²) in [4.78, 5) is 23.8. The molecule has 1 fully saturated rings. The SMILES string of the molecule is CCCc1ncc2c(n1)COC21CN(C(=O)c2ccc(OC)cc2OC)C1. The second kappa shape index (κ2) is 6.81. The Bertz CT molecular complexity index is 878. The molecule has 2 aliphatic heterocycles.